The normalized spacial score (nSPS) is 24.3. The molecule has 8 rings (SSSR count). The fourth-order valence-corrected chi connectivity index (χ4v) is 7.58. The standard InChI is InChI=1S/C29H21NS/c1-29(23-15-24(23)29)22-10-5-9-20-19-8-4-7-17(27(19)31-28(20)22)16-12-13-26-21(14-16)18-6-2-3-11-25(18)30-26/h2-14,23-24,30H,15H2,1H3. The molecule has 1 nitrogen and oxygen atoms in total. The van der Waals surface area contributed by atoms with Gasteiger partial charge >= 0.3 is 0 Å². The molecule has 2 atom stereocenters. The molecule has 0 radical (unpaired) electrons. The zero-order valence-electron chi connectivity index (χ0n) is 17.3. The molecule has 2 heterocycles. The van der Waals surface area contributed by atoms with Gasteiger partial charge in [0.25, 0.3) is 0 Å². The Labute approximate surface area is 184 Å². The molecular formula is C29H21NS. The first kappa shape index (κ1) is 16.6. The first-order valence-electron chi connectivity index (χ1n) is 11.2. The Hall–Kier alpha value is -3.10. The van der Waals surface area contributed by atoms with E-state index in [-0.39, 0.29) is 0 Å². The molecule has 2 saturated carbocycles. The van der Waals surface area contributed by atoms with Crippen LogP contribution in [0.15, 0.2) is 78.9 Å². The highest BCUT2D eigenvalue weighted by Crippen LogP contribution is 2.78. The van der Waals surface area contributed by atoms with Gasteiger partial charge in [-0.1, -0.05) is 67.6 Å². The maximum atomic E-state index is 3.56. The molecule has 6 aromatic rings. The number of nitrogens with one attached hydrogen (secondary N) is 1. The van der Waals surface area contributed by atoms with Gasteiger partial charge in [0, 0.05) is 47.4 Å². The Morgan fingerprint density at radius 3 is 2.32 bits per heavy atom. The maximum Gasteiger partial charge on any atom is 0.0465 e. The summed E-state index contributed by atoms with van der Waals surface area (Å²) in [4.78, 5) is 3.56. The lowest BCUT2D eigenvalue weighted by Crippen LogP contribution is -2.11. The molecule has 0 saturated heterocycles. The highest BCUT2D eigenvalue weighted by Gasteiger charge is 2.74. The lowest BCUT2D eigenvalue weighted by molar-refractivity contribution is 0.567. The van der Waals surface area contributed by atoms with Crippen molar-refractivity contribution in [2.75, 3.05) is 0 Å². The maximum absolute atomic E-state index is 3.56. The molecule has 2 unspecified atom stereocenters. The average molecular weight is 416 g/mol. The number of aromatic amines is 1. The Kier molecular flexibility index (Phi) is 2.88. The van der Waals surface area contributed by atoms with E-state index in [4.69, 9.17) is 0 Å². The summed E-state index contributed by atoms with van der Waals surface area (Å²) in [5.74, 6) is 1.87. The largest absolute Gasteiger partial charge is 0.355 e. The van der Waals surface area contributed by atoms with Gasteiger partial charge in [0.1, 0.15) is 0 Å². The van der Waals surface area contributed by atoms with Crippen LogP contribution in [0.2, 0.25) is 0 Å². The lowest BCUT2D eigenvalue weighted by Gasteiger charge is -2.17. The van der Waals surface area contributed by atoms with E-state index in [0.717, 1.165) is 11.8 Å². The Morgan fingerprint density at radius 2 is 1.48 bits per heavy atom. The average Bonchev–Trinajstić information content (AvgIpc) is 3.64. The number of benzene rings is 4. The van der Waals surface area contributed by atoms with Crippen LogP contribution in [0.1, 0.15) is 18.9 Å². The molecule has 2 fully saturated rings. The van der Waals surface area contributed by atoms with Gasteiger partial charge in [0.05, 0.1) is 0 Å². The van der Waals surface area contributed by atoms with Crippen molar-refractivity contribution in [1.82, 2.24) is 4.98 Å². The Balaban J connectivity index is 1.40. The van der Waals surface area contributed by atoms with Crippen molar-refractivity contribution < 1.29 is 0 Å². The van der Waals surface area contributed by atoms with Gasteiger partial charge in [-0.25, -0.2) is 0 Å². The molecule has 0 aliphatic heterocycles. The molecule has 0 spiro atoms. The van der Waals surface area contributed by atoms with Crippen LogP contribution < -0.4 is 0 Å². The zero-order chi connectivity index (χ0) is 20.3. The number of hydrogen-bond donors (Lipinski definition) is 1. The van der Waals surface area contributed by atoms with Gasteiger partial charge < -0.3 is 4.98 Å². The minimum Gasteiger partial charge on any atom is -0.355 e. The third-order valence-corrected chi connectivity index (χ3v) is 9.43. The predicted octanol–water partition coefficient (Wildman–Crippen LogP) is 8.26. The molecular weight excluding hydrogens is 394 g/mol. The van der Waals surface area contributed by atoms with Crippen molar-refractivity contribution >= 4 is 53.3 Å². The summed E-state index contributed by atoms with van der Waals surface area (Å²) >= 11 is 2.00. The van der Waals surface area contributed by atoms with Crippen molar-refractivity contribution in [3.8, 4) is 11.1 Å². The van der Waals surface area contributed by atoms with Gasteiger partial charge in [0.2, 0.25) is 0 Å². The molecule has 1 N–H and O–H groups in total. The van der Waals surface area contributed by atoms with E-state index in [1.807, 2.05) is 11.3 Å². The molecule has 148 valence electrons. The smallest absolute Gasteiger partial charge is 0.0465 e. The molecule has 2 heteroatoms. The second-order valence-electron chi connectivity index (χ2n) is 9.63. The van der Waals surface area contributed by atoms with Gasteiger partial charge in [-0.2, -0.15) is 0 Å². The Morgan fingerprint density at radius 1 is 0.742 bits per heavy atom. The van der Waals surface area contributed by atoms with E-state index >= 15 is 0 Å². The minimum atomic E-state index is 0.434. The van der Waals surface area contributed by atoms with E-state index < -0.39 is 0 Å². The first-order chi connectivity index (χ1) is 15.2. The van der Waals surface area contributed by atoms with E-state index in [1.165, 1.54) is 59.5 Å². The van der Waals surface area contributed by atoms with Crippen molar-refractivity contribution in [2.45, 2.75) is 18.8 Å². The van der Waals surface area contributed by atoms with Gasteiger partial charge in [-0.05, 0) is 53.1 Å². The molecule has 4 aromatic carbocycles. The van der Waals surface area contributed by atoms with E-state index in [9.17, 15) is 0 Å². The van der Waals surface area contributed by atoms with E-state index in [1.54, 1.807) is 5.56 Å². The number of thiophene rings is 1. The molecule has 31 heavy (non-hydrogen) atoms. The Bertz CT molecular complexity index is 1690. The van der Waals surface area contributed by atoms with Crippen LogP contribution in [0.3, 0.4) is 0 Å². The van der Waals surface area contributed by atoms with Crippen LogP contribution >= 0.6 is 11.3 Å². The molecule has 2 aliphatic rings. The first-order valence-corrected chi connectivity index (χ1v) is 12.0. The fourth-order valence-electron chi connectivity index (χ4n) is 6.11. The van der Waals surface area contributed by atoms with Crippen molar-refractivity contribution in [1.29, 1.82) is 0 Å². The second-order valence-corrected chi connectivity index (χ2v) is 10.6. The topological polar surface area (TPSA) is 15.8 Å². The van der Waals surface area contributed by atoms with Gasteiger partial charge in [-0.3, -0.25) is 0 Å². The quantitative estimate of drug-likeness (QED) is 0.293. The zero-order valence-corrected chi connectivity index (χ0v) is 18.1. The second kappa shape index (κ2) is 5.38. The highest BCUT2D eigenvalue weighted by atomic mass is 32.1. The van der Waals surface area contributed by atoms with Gasteiger partial charge in [0.15, 0.2) is 0 Å². The van der Waals surface area contributed by atoms with Crippen molar-refractivity contribution in [3.63, 3.8) is 0 Å². The summed E-state index contributed by atoms with van der Waals surface area (Å²) in [6, 6.07) is 29.3. The summed E-state index contributed by atoms with van der Waals surface area (Å²) in [7, 11) is 0. The summed E-state index contributed by atoms with van der Waals surface area (Å²) < 4.78 is 2.93. The van der Waals surface area contributed by atoms with Crippen LogP contribution in [0.4, 0.5) is 0 Å². The number of H-pyrrole nitrogens is 1. The fraction of sp³-hybridized carbons (Fsp3) is 0.172. The summed E-state index contributed by atoms with van der Waals surface area (Å²) in [5, 5.41) is 5.43. The monoisotopic (exact) mass is 415 g/mol. The van der Waals surface area contributed by atoms with Crippen LogP contribution in [-0.4, -0.2) is 4.98 Å². The summed E-state index contributed by atoms with van der Waals surface area (Å²) in [6.07, 6.45) is 1.44. The summed E-state index contributed by atoms with van der Waals surface area (Å²) in [5.41, 5.74) is 7.08. The number of hydrogen-bond acceptors (Lipinski definition) is 1. The van der Waals surface area contributed by atoms with E-state index in [2.05, 4.69) is 90.8 Å². The summed E-state index contributed by atoms with van der Waals surface area (Å²) in [6.45, 7) is 2.48. The number of para-hydroxylation sites is 1. The SMILES string of the molecule is CC1(c2cccc3c2sc2c(-c4ccc5[nH]c6ccccc6c5c4)cccc23)C2CC21. The number of fused-ring (bicyclic) bond motifs is 7. The van der Waals surface area contributed by atoms with Crippen LogP contribution in [0, 0.1) is 11.8 Å². The lowest BCUT2D eigenvalue weighted by atomic mass is 9.87. The minimum absolute atomic E-state index is 0.434. The predicted molar refractivity (Wildman–Crippen MR) is 133 cm³/mol. The number of aromatic nitrogens is 1. The van der Waals surface area contributed by atoms with Crippen molar-refractivity contribution in [2.24, 2.45) is 11.8 Å². The number of rotatable bonds is 2. The van der Waals surface area contributed by atoms with Crippen LogP contribution in [0.5, 0.6) is 0 Å². The third-order valence-electron chi connectivity index (χ3n) is 8.14. The molecule has 0 amide bonds. The molecule has 0 bridgehead atoms. The van der Waals surface area contributed by atoms with Crippen molar-refractivity contribution in [3.05, 3.63) is 84.4 Å². The highest BCUT2D eigenvalue weighted by molar-refractivity contribution is 7.26. The van der Waals surface area contributed by atoms with E-state index in [0.29, 0.717) is 5.41 Å². The van der Waals surface area contributed by atoms with Crippen LogP contribution in [0.25, 0.3) is 53.1 Å². The molecule has 2 aromatic heterocycles. The third kappa shape index (κ3) is 2.02. The van der Waals surface area contributed by atoms with Gasteiger partial charge in [-0.15, -0.1) is 11.3 Å². The van der Waals surface area contributed by atoms with Crippen LogP contribution in [-0.2, 0) is 5.41 Å². The molecule has 2 aliphatic carbocycles.